The standard InChI is InChI=1S/C12H23O.C5H9INO.Y/c1-9(8-11(2,3)4)10(13)12(5,6)7;1-2-3-7-5(8)4-6;/h9H,1,8H2,2-7H3;1-4H2,(H,7,8);/q2*-1;. The first-order chi connectivity index (χ1) is 9.35. The Labute approximate surface area is 176 Å². The first-order valence-electron chi connectivity index (χ1n) is 7.34. The summed E-state index contributed by atoms with van der Waals surface area (Å²) in [7, 11) is 0. The van der Waals surface area contributed by atoms with Crippen LogP contribution in [0.5, 0.6) is 0 Å². The molecule has 22 heavy (non-hydrogen) atoms. The molecule has 1 radical (unpaired) electrons. The fraction of sp³-hybridized carbons (Fsp3) is 0.765. The minimum absolute atomic E-state index is 0. The van der Waals surface area contributed by atoms with Gasteiger partial charge in [-0.05, 0) is 12.0 Å². The van der Waals surface area contributed by atoms with Gasteiger partial charge in [0, 0.05) is 38.1 Å². The van der Waals surface area contributed by atoms with E-state index in [2.05, 4.69) is 39.9 Å². The first-order valence-corrected chi connectivity index (χ1v) is 8.87. The van der Waals surface area contributed by atoms with E-state index >= 15 is 0 Å². The molecule has 0 saturated heterocycles. The molecule has 3 nitrogen and oxygen atoms in total. The third kappa shape index (κ3) is 17.3. The Morgan fingerprint density at radius 1 is 1.14 bits per heavy atom. The van der Waals surface area contributed by atoms with Crippen molar-refractivity contribution in [3.8, 4) is 0 Å². The monoisotopic (exact) mass is 498 g/mol. The summed E-state index contributed by atoms with van der Waals surface area (Å²) in [5.74, 6) is 0.289. The Morgan fingerprint density at radius 3 is 1.86 bits per heavy atom. The maximum absolute atomic E-state index is 11.8. The molecule has 1 unspecified atom stereocenters. The zero-order chi connectivity index (χ0) is 17.3. The van der Waals surface area contributed by atoms with Gasteiger partial charge in [0.15, 0.2) is 0 Å². The van der Waals surface area contributed by atoms with Crippen molar-refractivity contribution in [3.05, 3.63) is 13.8 Å². The third-order valence-electron chi connectivity index (χ3n) is 2.59. The topological polar surface area (TPSA) is 46.2 Å². The number of alkyl halides is 1. The van der Waals surface area contributed by atoms with Crippen LogP contribution in [0, 0.1) is 30.6 Å². The van der Waals surface area contributed by atoms with Gasteiger partial charge in [0.1, 0.15) is 5.78 Å². The number of halogens is 1. The van der Waals surface area contributed by atoms with E-state index in [1.165, 1.54) is 0 Å². The Kier molecular flexibility index (Phi) is 16.8. The second-order valence-electron chi connectivity index (χ2n) is 7.41. The number of nitrogens with one attached hydrogen (secondary N) is 1. The van der Waals surface area contributed by atoms with Gasteiger partial charge in [0.05, 0.1) is 4.43 Å². The Morgan fingerprint density at radius 2 is 1.59 bits per heavy atom. The molecule has 0 aromatic rings. The average molecular weight is 498 g/mol. The molecule has 0 saturated carbocycles. The third-order valence-corrected chi connectivity index (χ3v) is 3.28. The van der Waals surface area contributed by atoms with E-state index in [1.54, 1.807) is 0 Å². The first kappa shape index (κ1) is 27.8. The molecule has 129 valence electrons. The quantitative estimate of drug-likeness (QED) is 0.350. The van der Waals surface area contributed by atoms with E-state index < -0.39 is 0 Å². The molecule has 0 bridgehead atoms. The molecule has 0 fully saturated rings. The number of carbonyl (C=O) groups is 2. The predicted molar refractivity (Wildman–Crippen MR) is 99.3 cm³/mol. The Hall–Kier alpha value is 0.974. The fourth-order valence-corrected chi connectivity index (χ4v) is 1.99. The van der Waals surface area contributed by atoms with E-state index in [0.29, 0.717) is 11.0 Å². The van der Waals surface area contributed by atoms with Crippen LogP contribution in [0.1, 0.15) is 54.4 Å². The van der Waals surface area contributed by atoms with Crippen LogP contribution in [-0.2, 0) is 42.3 Å². The minimum Gasteiger partial charge on any atom is -0.358 e. The van der Waals surface area contributed by atoms with Gasteiger partial charge in [-0.25, -0.2) is 0 Å². The van der Waals surface area contributed by atoms with Crippen molar-refractivity contribution in [3.63, 3.8) is 0 Å². The van der Waals surface area contributed by atoms with Crippen LogP contribution in [0.15, 0.2) is 0 Å². The summed E-state index contributed by atoms with van der Waals surface area (Å²) in [6, 6.07) is 0. The molecule has 1 N–H and O–H groups in total. The van der Waals surface area contributed by atoms with E-state index in [4.69, 9.17) is 0 Å². The summed E-state index contributed by atoms with van der Waals surface area (Å²) in [6.45, 7) is 20.5. The van der Waals surface area contributed by atoms with Crippen LogP contribution >= 0.6 is 22.6 Å². The minimum atomic E-state index is -0.252. The molecule has 1 amide bonds. The van der Waals surface area contributed by atoms with Gasteiger partial charge in [-0.15, -0.1) is 5.92 Å². The predicted octanol–water partition coefficient (Wildman–Crippen LogP) is 4.25. The molecule has 0 rings (SSSR count). The van der Waals surface area contributed by atoms with E-state index in [9.17, 15) is 9.59 Å². The van der Waals surface area contributed by atoms with Gasteiger partial charge < -0.3 is 24.0 Å². The van der Waals surface area contributed by atoms with Gasteiger partial charge in [-0.3, -0.25) is 4.79 Å². The number of carbonyl (C=O) groups excluding carboxylic acids is 2. The smallest absolute Gasteiger partial charge is 0.229 e. The number of hydrogen-bond donors (Lipinski definition) is 1. The van der Waals surface area contributed by atoms with Crippen molar-refractivity contribution in [1.29, 1.82) is 0 Å². The molecule has 1 atom stereocenters. The van der Waals surface area contributed by atoms with Crippen molar-refractivity contribution in [2.45, 2.75) is 54.4 Å². The van der Waals surface area contributed by atoms with Gasteiger partial charge in [0.25, 0.3) is 0 Å². The molecule has 0 heterocycles. The normalized spacial score (nSPS) is 12.4. The maximum atomic E-state index is 11.8. The molecule has 0 aliphatic heterocycles. The Bertz CT molecular complexity index is 320. The summed E-state index contributed by atoms with van der Waals surface area (Å²) in [5.41, 5.74) is -0.0645. The van der Waals surface area contributed by atoms with Crippen LogP contribution in [0.25, 0.3) is 0 Å². The zero-order valence-corrected chi connectivity index (χ0v) is 20.1. The van der Waals surface area contributed by atoms with Crippen LogP contribution in [0.4, 0.5) is 0 Å². The Balaban J connectivity index is -0.000000348. The summed E-state index contributed by atoms with van der Waals surface area (Å²) >= 11 is 2.02. The SMILES string of the molecule is [CH2-]C(CC(C)(C)C)C(=O)C(C)(C)C.[CH2-]CCNC(=O)CI.[Y]. The molecule has 0 aromatic heterocycles. The largest absolute Gasteiger partial charge is 0.358 e. The van der Waals surface area contributed by atoms with Crippen molar-refractivity contribution >= 4 is 34.3 Å². The summed E-state index contributed by atoms with van der Waals surface area (Å²) < 4.78 is 0.539. The summed E-state index contributed by atoms with van der Waals surface area (Å²) in [6.07, 6.45) is 1.63. The second-order valence-corrected chi connectivity index (χ2v) is 8.18. The molecule has 0 spiro atoms. The van der Waals surface area contributed by atoms with Gasteiger partial charge in [-0.2, -0.15) is 6.42 Å². The molecule has 0 aliphatic carbocycles. The number of amides is 1. The van der Waals surface area contributed by atoms with Crippen LogP contribution < -0.4 is 5.32 Å². The van der Waals surface area contributed by atoms with Gasteiger partial charge in [-0.1, -0.05) is 70.6 Å². The molecule has 0 aromatic carbocycles. The van der Waals surface area contributed by atoms with Crippen molar-refractivity contribution in [2.24, 2.45) is 16.7 Å². The number of Topliss-reactive ketones (excluding diaryl/α,β-unsaturated/α-hetero) is 1. The fourth-order valence-electron chi connectivity index (χ4n) is 1.72. The molecule has 5 heteroatoms. The second kappa shape index (κ2) is 13.3. The van der Waals surface area contributed by atoms with E-state index in [0.717, 1.165) is 12.8 Å². The average Bonchev–Trinajstić information content (AvgIpc) is 2.32. The summed E-state index contributed by atoms with van der Waals surface area (Å²) in [5, 5.41) is 2.67. The van der Waals surface area contributed by atoms with Gasteiger partial charge in [0.2, 0.25) is 5.91 Å². The van der Waals surface area contributed by atoms with Crippen LogP contribution in [-0.4, -0.2) is 22.7 Å². The van der Waals surface area contributed by atoms with Crippen molar-refractivity contribution in [2.75, 3.05) is 11.0 Å². The molecular formula is C17H32INO2Y-2. The van der Waals surface area contributed by atoms with Crippen LogP contribution in [0.2, 0.25) is 0 Å². The van der Waals surface area contributed by atoms with Crippen molar-refractivity contribution < 1.29 is 42.3 Å². The van der Waals surface area contributed by atoms with E-state index in [-0.39, 0.29) is 61.1 Å². The number of hydrogen-bond acceptors (Lipinski definition) is 2. The number of ketones is 1. The zero-order valence-electron chi connectivity index (χ0n) is 15.1. The summed E-state index contributed by atoms with van der Waals surface area (Å²) in [4.78, 5) is 22.2. The van der Waals surface area contributed by atoms with Crippen molar-refractivity contribution in [1.82, 2.24) is 5.32 Å². The number of rotatable bonds is 5. The maximum Gasteiger partial charge on any atom is 0.229 e. The van der Waals surface area contributed by atoms with Crippen LogP contribution in [0.3, 0.4) is 0 Å². The molecule has 0 aliphatic rings. The van der Waals surface area contributed by atoms with Gasteiger partial charge >= 0.3 is 0 Å². The molecular weight excluding hydrogens is 466 g/mol. The van der Waals surface area contributed by atoms with E-state index in [1.807, 2.05) is 43.4 Å².